The van der Waals surface area contributed by atoms with E-state index in [0.717, 1.165) is 43.8 Å². The number of piperidine rings is 1. The van der Waals surface area contributed by atoms with Crippen molar-refractivity contribution in [2.24, 2.45) is 4.99 Å². The van der Waals surface area contributed by atoms with E-state index in [1.165, 1.54) is 16.7 Å². The van der Waals surface area contributed by atoms with E-state index in [-0.39, 0.29) is 17.5 Å². The first-order valence-electron chi connectivity index (χ1n) is 11.7. The summed E-state index contributed by atoms with van der Waals surface area (Å²) in [6, 6.07) is 24.7. The summed E-state index contributed by atoms with van der Waals surface area (Å²) in [5.74, 6) is 0.236. The van der Waals surface area contributed by atoms with Gasteiger partial charge in [0.05, 0.1) is 0 Å². The number of aromatic hydroxyl groups is 1. The van der Waals surface area contributed by atoms with Crippen molar-refractivity contribution in [1.82, 2.24) is 10.2 Å². The van der Waals surface area contributed by atoms with Gasteiger partial charge in [-0.25, -0.2) is 0 Å². The van der Waals surface area contributed by atoms with Crippen LogP contribution in [0.5, 0.6) is 5.75 Å². The summed E-state index contributed by atoms with van der Waals surface area (Å²) in [5.41, 5.74) is 5.17. The highest BCUT2D eigenvalue weighted by atomic mass is 35.5. The Balaban J connectivity index is 1.43. The standard InChI is InChI=1S/C28H30ClN3O/c1-20-7-9-22(10-8-20)25-18-26(24-17-23(29)11-12-27(24)33)31-28(30-25)13-15-32(16-14-28)19-21-5-3-2-4-6-21/h2-12,17,25,30,33H,13-16,18-19H2,1H3. The minimum Gasteiger partial charge on any atom is -0.507 e. The molecule has 0 saturated carbocycles. The van der Waals surface area contributed by atoms with Gasteiger partial charge in [-0.2, -0.15) is 0 Å². The molecule has 3 aromatic rings. The maximum Gasteiger partial charge on any atom is 0.124 e. The average molecular weight is 460 g/mol. The number of nitrogens with zero attached hydrogens (tertiary/aromatic N) is 2. The summed E-state index contributed by atoms with van der Waals surface area (Å²) < 4.78 is 0. The van der Waals surface area contributed by atoms with Gasteiger partial charge in [0.1, 0.15) is 11.4 Å². The number of phenolic OH excluding ortho intramolecular Hbond substituents is 1. The third kappa shape index (κ3) is 4.98. The third-order valence-corrected chi connectivity index (χ3v) is 7.11. The van der Waals surface area contributed by atoms with Crippen molar-refractivity contribution in [3.63, 3.8) is 0 Å². The van der Waals surface area contributed by atoms with Crippen LogP contribution in [0.15, 0.2) is 77.8 Å². The number of halogens is 1. The Morgan fingerprint density at radius 1 is 1.03 bits per heavy atom. The Kier molecular flexibility index (Phi) is 6.24. The number of nitrogens with one attached hydrogen (secondary N) is 1. The molecule has 4 nitrogen and oxygen atoms in total. The average Bonchev–Trinajstić information content (AvgIpc) is 2.83. The fourth-order valence-corrected chi connectivity index (χ4v) is 5.17. The molecule has 1 spiro atoms. The number of aliphatic imine (C=N–C) groups is 1. The molecule has 1 saturated heterocycles. The summed E-state index contributed by atoms with van der Waals surface area (Å²) in [6.45, 7) is 5.02. The third-order valence-electron chi connectivity index (χ3n) is 6.87. The van der Waals surface area contributed by atoms with E-state index in [9.17, 15) is 5.11 Å². The Labute approximate surface area is 200 Å². The second-order valence-corrected chi connectivity index (χ2v) is 9.76. The lowest BCUT2D eigenvalue weighted by Gasteiger charge is -2.45. The van der Waals surface area contributed by atoms with Gasteiger partial charge in [-0.1, -0.05) is 71.8 Å². The number of hydrogen-bond acceptors (Lipinski definition) is 4. The van der Waals surface area contributed by atoms with Gasteiger partial charge >= 0.3 is 0 Å². The van der Waals surface area contributed by atoms with Crippen molar-refractivity contribution in [2.75, 3.05) is 13.1 Å². The quantitative estimate of drug-likeness (QED) is 0.513. The van der Waals surface area contributed by atoms with Gasteiger partial charge in [0.25, 0.3) is 0 Å². The van der Waals surface area contributed by atoms with Crippen molar-refractivity contribution >= 4 is 17.3 Å². The molecule has 5 heteroatoms. The van der Waals surface area contributed by atoms with Gasteiger partial charge in [-0.15, -0.1) is 0 Å². The molecule has 0 bridgehead atoms. The van der Waals surface area contributed by atoms with Crippen LogP contribution in [0.25, 0.3) is 0 Å². The maximum absolute atomic E-state index is 10.6. The molecule has 0 aromatic heterocycles. The van der Waals surface area contributed by atoms with Crippen LogP contribution in [-0.4, -0.2) is 34.5 Å². The summed E-state index contributed by atoms with van der Waals surface area (Å²) in [6.07, 6.45) is 2.56. The Hall–Kier alpha value is -2.66. The molecule has 5 rings (SSSR count). The zero-order valence-corrected chi connectivity index (χ0v) is 19.7. The fraction of sp³-hybridized carbons (Fsp3) is 0.321. The van der Waals surface area contributed by atoms with Gasteiger partial charge in [-0.3, -0.25) is 15.2 Å². The summed E-state index contributed by atoms with van der Waals surface area (Å²) in [5, 5.41) is 15.1. The molecule has 2 N–H and O–H groups in total. The minimum absolute atomic E-state index is 0.136. The number of rotatable bonds is 4. The monoisotopic (exact) mass is 459 g/mol. The van der Waals surface area contributed by atoms with Gasteiger partial charge in [-0.05, 0) is 49.1 Å². The highest BCUT2D eigenvalue weighted by molar-refractivity contribution is 6.31. The predicted molar refractivity (Wildman–Crippen MR) is 135 cm³/mol. The second-order valence-electron chi connectivity index (χ2n) is 9.33. The highest BCUT2D eigenvalue weighted by Crippen LogP contribution is 2.37. The van der Waals surface area contributed by atoms with Crippen molar-refractivity contribution in [3.05, 3.63) is 100 Å². The second kappa shape index (κ2) is 9.30. The van der Waals surface area contributed by atoms with Crippen LogP contribution in [0.2, 0.25) is 5.02 Å². The molecule has 2 heterocycles. The van der Waals surface area contributed by atoms with Gasteiger partial charge in [0.2, 0.25) is 0 Å². The summed E-state index contributed by atoms with van der Waals surface area (Å²) >= 11 is 6.29. The van der Waals surface area contributed by atoms with Gasteiger partial charge < -0.3 is 5.11 Å². The van der Waals surface area contributed by atoms with Crippen molar-refractivity contribution in [2.45, 2.75) is 44.4 Å². The van der Waals surface area contributed by atoms with Gasteiger partial charge in [0, 0.05) is 48.4 Å². The van der Waals surface area contributed by atoms with Crippen molar-refractivity contribution in [3.8, 4) is 5.75 Å². The molecule has 0 amide bonds. The Bertz CT molecular complexity index is 1140. The van der Waals surface area contributed by atoms with E-state index >= 15 is 0 Å². The lowest BCUT2D eigenvalue weighted by Crippen LogP contribution is -2.55. The van der Waals surface area contributed by atoms with Crippen molar-refractivity contribution < 1.29 is 5.11 Å². The van der Waals surface area contributed by atoms with Crippen LogP contribution in [-0.2, 0) is 6.54 Å². The predicted octanol–water partition coefficient (Wildman–Crippen LogP) is 5.87. The first-order valence-corrected chi connectivity index (χ1v) is 12.1. The number of likely N-dealkylation sites (tertiary alicyclic amines) is 1. The summed E-state index contributed by atoms with van der Waals surface area (Å²) in [7, 11) is 0. The lowest BCUT2D eigenvalue weighted by molar-refractivity contribution is 0.120. The minimum atomic E-state index is -0.342. The van der Waals surface area contributed by atoms with E-state index in [2.05, 4.69) is 71.7 Å². The summed E-state index contributed by atoms with van der Waals surface area (Å²) in [4.78, 5) is 7.74. The molecular weight excluding hydrogens is 430 g/mol. The van der Waals surface area contributed by atoms with Crippen LogP contribution in [0.3, 0.4) is 0 Å². The highest BCUT2D eigenvalue weighted by Gasteiger charge is 2.40. The van der Waals surface area contributed by atoms with E-state index in [1.807, 2.05) is 6.07 Å². The SMILES string of the molecule is Cc1ccc(C2CC(c3cc(Cl)ccc3O)=NC3(CCN(Cc4ccccc4)CC3)N2)cc1. The largest absolute Gasteiger partial charge is 0.507 e. The maximum atomic E-state index is 10.6. The van der Waals surface area contributed by atoms with Gasteiger partial charge in [0.15, 0.2) is 0 Å². The first-order chi connectivity index (χ1) is 16.0. The molecule has 33 heavy (non-hydrogen) atoms. The number of phenols is 1. The van der Waals surface area contributed by atoms with Crippen LogP contribution >= 0.6 is 11.6 Å². The fourth-order valence-electron chi connectivity index (χ4n) is 4.99. The molecule has 0 radical (unpaired) electrons. The van der Waals surface area contributed by atoms with E-state index in [4.69, 9.17) is 16.6 Å². The molecular formula is C28H30ClN3O. The molecule has 3 aromatic carbocycles. The zero-order chi connectivity index (χ0) is 22.8. The van der Waals surface area contributed by atoms with Crippen LogP contribution in [0, 0.1) is 6.92 Å². The first kappa shape index (κ1) is 22.1. The topological polar surface area (TPSA) is 47.9 Å². The van der Waals surface area contributed by atoms with Crippen molar-refractivity contribution in [1.29, 1.82) is 0 Å². The van der Waals surface area contributed by atoms with E-state index in [1.54, 1.807) is 12.1 Å². The number of aryl methyl sites for hydroxylation is 1. The number of hydrogen-bond donors (Lipinski definition) is 2. The number of benzene rings is 3. The van der Waals surface area contributed by atoms with E-state index in [0.29, 0.717) is 11.4 Å². The Morgan fingerprint density at radius 3 is 2.48 bits per heavy atom. The zero-order valence-electron chi connectivity index (χ0n) is 19.0. The lowest BCUT2D eigenvalue weighted by atomic mass is 9.87. The molecule has 0 aliphatic carbocycles. The molecule has 1 atom stereocenters. The molecule has 1 fully saturated rings. The molecule has 170 valence electrons. The molecule has 1 unspecified atom stereocenters. The molecule has 2 aliphatic rings. The molecule has 2 aliphatic heterocycles. The van der Waals surface area contributed by atoms with Crippen LogP contribution in [0.4, 0.5) is 0 Å². The van der Waals surface area contributed by atoms with Crippen LogP contribution < -0.4 is 5.32 Å². The van der Waals surface area contributed by atoms with Crippen LogP contribution in [0.1, 0.15) is 47.6 Å². The Morgan fingerprint density at radius 2 is 1.76 bits per heavy atom. The normalized spacial score (nSPS) is 20.5. The smallest absolute Gasteiger partial charge is 0.124 e. The van der Waals surface area contributed by atoms with E-state index < -0.39 is 0 Å².